The van der Waals surface area contributed by atoms with Crippen LogP contribution in [0.5, 0.6) is 0 Å². The van der Waals surface area contributed by atoms with Crippen LogP contribution in [0.2, 0.25) is 0 Å². The molecule has 4 nitrogen and oxygen atoms in total. The lowest BCUT2D eigenvalue weighted by Crippen LogP contribution is -2.19. The molecule has 0 bridgehead atoms. The minimum absolute atomic E-state index is 0.129. The fourth-order valence-corrected chi connectivity index (χ4v) is 1.64. The van der Waals surface area contributed by atoms with Gasteiger partial charge in [0.05, 0.1) is 7.11 Å². The van der Waals surface area contributed by atoms with E-state index in [1.807, 2.05) is 19.1 Å². The fraction of sp³-hybridized carbons (Fsp3) is 0.273. The molecule has 1 N–H and O–H groups in total. The van der Waals surface area contributed by atoms with E-state index in [1.165, 1.54) is 7.11 Å². The van der Waals surface area contributed by atoms with Gasteiger partial charge in [-0.05, 0) is 24.6 Å². The lowest BCUT2D eigenvalue weighted by Gasteiger charge is -2.08. The molecule has 0 radical (unpaired) electrons. The van der Waals surface area contributed by atoms with Crippen LogP contribution in [0.4, 0.5) is 0 Å². The number of aliphatic hydroxyl groups excluding tert-OH is 1. The van der Waals surface area contributed by atoms with Crippen molar-refractivity contribution in [1.29, 1.82) is 0 Å². The topological polar surface area (TPSA) is 58.9 Å². The predicted molar refractivity (Wildman–Crippen MR) is 64.5 cm³/mol. The van der Waals surface area contributed by atoms with E-state index >= 15 is 0 Å². The maximum absolute atomic E-state index is 11.5. The summed E-state index contributed by atoms with van der Waals surface area (Å²) in [6, 6.07) is 5.49. The molecule has 1 aromatic rings. The van der Waals surface area contributed by atoms with Gasteiger partial charge in [0.25, 0.3) is 0 Å². The third-order valence-electron chi connectivity index (χ3n) is 2.06. The molecule has 5 heteroatoms. The molecule has 0 saturated carbocycles. The summed E-state index contributed by atoms with van der Waals surface area (Å²) in [7, 11) is 1.28. The molecule has 16 heavy (non-hydrogen) atoms. The summed E-state index contributed by atoms with van der Waals surface area (Å²) in [6.45, 7) is 1.41. The number of hydrogen-bond acceptors (Lipinski definition) is 4. The van der Waals surface area contributed by atoms with E-state index in [2.05, 4.69) is 25.7 Å². The highest BCUT2D eigenvalue weighted by Crippen LogP contribution is 2.17. The number of esters is 1. The van der Waals surface area contributed by atoms with Crippen LogP contribution in [0.3, 0.4) is 0 Å². The Balaban J connectivity index is 3.26. The second-order valence-electron chi connectivity index (χ2n) is 3.10. The Morgan fingerprint density at radius 2 is 2.25 bits per heavy atom. The largest absolute Gasteiger partial charge is 0.464 e. The highest BCUT2D eigenvalue weighted by atomic mass is 79.9. The molecule has 0 saturated heterocycles. The van der Waals surface area contributed by atoms with Gasteiger partial charge in [0.1, 0.15) is 6.73 Å². The standard InChI is InChI=1S/C11H12BrNO3/c1-7-3-4-8(12)5-9(7)10(13-6-14)11(15)16-2/h3-5,14H,6H2,1-2H3. The van der Waals surface area contributed by atoms with Gasteiger partial charge in [-0.2, -0.15) is 0 Å². The number of aliphatic hydroxyl groups is 1. The van der Waals surface area contributed by atoms with Gasteiger partial charge in [0.2, 0.25) is 0 Å². The molecule has 0 aliphatic carbocycles. The minimum Gasteiger partial charge on any atom is -0.464 e. The number of carbonyl (C=O) groups is 1. The first-order valence-corrected chi connectivity index (χ1v) is 5.39. The molecule has 1 aromatic carbocycles. The van der Waals surface area contributed by atoms with Crippen molar-refractivity contribution in [1.82, 2.24) is 0 Å². The highest BCUT2D eigenvalue weighted by molar-refractivity contribution is 9.10. The van der Waals surface area contributed by atoms with Crippen molar-refractivity contribution in [3.05, 3.63) is 33.8 Å². The average Bonchev–Trinajstić information content (AvgIpc) is 2.28. The summed E-state index contributed by atoms with van der Waals surface area (Å²) >= 11 is 3.32. The van der Waals surface area contributed by atoms with Crippen LogP contribution in [0.25, 0.3) is 0 Å². The van der Waals surface area contributed by atoms with Crippen LogP contribution in [0.1, 0.15) is 11.1 Å². The van der Waals surface area contributed by atoms with Crippen molar-refractivity contribution in [2.75, 3.05) is 13.8 Å². The van der Waals surface area contributed by atoms with Gasteiger partial charge in [0, 0.05) is 10.0 Å². The number of rotatable bonds is 3. The lowest BCUT2D eigenvalue weighted by molar-refractivity contribution is -0.132. The Morgan fingerprint density at radius 1 is 1.56 bits per heavy atom. The lowest BCUT2D eigenvalue weighted by atomic mass is 10.0. The molecule has 0 fully saturated rings. The molecule has 0 heterocycles. The van der Waals surface area contributed by atoms with Gasteiger partial charge >= 0.3 is 5.97 Å². The maximum atomic E-state index is 11.5. The van der Waals surface area contributed by atoms with E-state index in [0.29, 0.717) is 5.56 Å². The normalized spacial score (nSPS) is 11.4. The summed E-state index contributed by atoms with van der Waals surface area (Å²) in [4.78, 5) is 15.2. The van der Waals surface area contributed by atoms with E-state index in [0.717, 1.165) is 10.0 Å². The zero-order chi connectivity index (χ0) is 12.1. The summed E-state index contributed by atoms with van der Waals surface area (Å²) in [5.41, 5.74) is 1.67. The third kappa shape index (κ3) is 2.90. The first-order valence-electron chi connectivity index (χ1n) is 4.60. The minimum atomic E-state index is -0.560. The molecule has 1 rings (SSSR count). The first kappa shape index (κ1) is 12.9. The van der Waals surface area contributed by atoms with E-state index in [1.54, 1.807) is 6.07 Å². The maximum Gasteiger partial charge on any atom is 0.356 e. The molecule has 0 aliphatic rings. The van der Waals surface area contributed by atoms with Crippen LogP contribution in [-0.4, -0.2) is 30.6 Å². The number of halogens is 1. The number of hydrogen-bond donors (Lipinski definition) is 1. The number of aryl methyl sites for hydroxylation is 1. The number of ether oxygens (including phenoxy) is 1. The van der Waals surface area contributed by atoms with Crippen LogP contribution >= 0.6 is 15.9 Å². The van der Waals surface area contributed by atoms with E-state index in [9.17, 15) is 4.79 Å². The predicted octanol–water partition coefficient (Wildman–Crippen LogP) is 1.67. The molecule has 0 amide bonds. The Hall–Kier alpha value is -1.20. The van der Waals surface area contributed by atoms with Crippen LogP contribution in [-0.2, 0) is 9.53 Å². The van der Waals surface area contributed by atoms with Crippen molar-refractivity contribution in [2.45, 2.75) is 6.92 Å². The summed E-state index contributed by atoms with van der Waals surface area (Å²) in [5, 5.41) is 8.80. The fourth-order valence-electron chi connectivity index (χ4n) is 1.28. The second-order valence-corrected chi connectivity index (χ2v) is 4.01. The Kier molecular flexibility index (Phi) is 4.64. The Morgan fingerprint density at radius 3 is 2.81 bits per heavy atom. The molecular formula is C11H12BrNO3. The second kappa shape index (κ2) is 5.77. The molecule has 0 atom stereocenters. The number of carbonyl (C=O) groups excluding carboxylic acids is 1. The molecular weight excluding hydrogens is 274 g/mol. The van der Waals surface area contributed by atoms with Gasteiger partial charge in [-0.25, -0.2) is 9.79 Å². The van der Waals surface area contributed by atoms with E-state index in [-0.39, 0.29) is 5.71 Å². The van der Waals surface area contributed by atoms with Crippen molar-refractivity contribution in [3.63, 3.8) is 0 Å². The van der Waals surface area contributed by atoms with Gasteiger partial charge < -0.3 is 9.84 Å². The van der Waals surface area contributed by atoms with Crippen molar-refractivity contribution < 1.29 is 14.6 Å². The van der Waals surface area contributed by atoms with Crippen LogP contribution < -0.4 is 0 Å². The monoisotopic (exact) mass is 285 g/mol. The average molecular weight is 286 g/mol. The van der Waals surface area contributed by atoms with Crippen molar-refractivity contribution in [2.24, 2.45) is 4.99 Å². The van der Waals surface area contributed by atoms with E-state index in [4.69, 9.17) is 5.11 Å². The zero-order valence-electron chi connectivity index (χ0n) is 9.03. The third-order valence-corrected chi connectivity index (χ3v) is 2.56. The van der Waals surface area contributed by atoms with Gasteiger partial charge in [-0.1, -0.05) is 22.0 Å². The summed E-state index contributed by atoms with van der Waals surface area (Å²) in [6.07, 6.45) is 0. The quantitative estimate of drug-likeness (QED) is 0.679. The molecule has 0 aromatic heterocycles. The van der Waals surface area contributed by atoms with Crippen LogP contribution in [0.15, 0.2) is 27.7 Å². The number of methoxy groups -OCH3 is 1. The SMILES string of the molecule is COC(=O)C(=NCO)c1cc(Br)ccc1C. The first-order chi connectivity index (χ1) is 7.60. The Labute approximate surface area is 102 Å². The number of benzene rings is 1. The van der Waals surface area contributed by atoms with Crippen LogP contribution in [0, 0.1) is 6.92 Å². The molecule has 0 aliphatic heterocycles. The van der Waals surface area contributed by atoms with Crippen molar-refractivity contribution >= 4 is 27.6 Å². The zero-order valence-corrected chi connectivity index (χ0v) is 10.6. The van der Waals surface area contributed by atoms with Gasteiger partial charge in [0.15, 0.2) is 5.71 Å². The highest BCUT2D eigenvalue weighted by Gasteiger charge is 2.16. The number of nitrogens with zero attached hydrogens (tertiary/aromatic N) is 1. The Bertz CT molecular complexity index is 429. The van der Waals surface area contributed by atoms with E-state index < -0.39 is 12.7 Å². The van der Waals surface area contributed by atoms with Gasteiger partial charge in [-0.3, -0.25) is 0 Å². The van der Waals surface area contributed by atoms with Crippen molar-refractivity contribution in [3.8, 4) is 0 Å². The number of aliphatic imine (C=N–C) groups is 1. The summed E-state index contributed by atoms with van der Waals surface area (Å²) < 4.78 is 5.45. The summed E-state index contributed by atoms with van der Waals surface area (Å²) in [5.74, 6) is -0.560. The van der Waals surface area contributed by atoms with Gasteiger partial charge in [-0.15, -0.1) is 0 Å². The molecule has 0 spiro atoms. The molecule has 86 valence electrons. The smallest absolute Gasteiger partial charge is 0.356 e. The molecule has 0 unspecified atom stereocenters.